The summed E-state index contributed by atoms with van der Waals surface area (Å²) in [5.74, 6) is 3.57. The maximum atomic E-state index is 9.47. The number of hydrogen-bond acceptors (Lipinski definition) is 3. The molecule has 0 aromatic carbocycles. The zero-order chi connectivity index (χ0) is 11.0. The van der Waals surface area contributed by atoms with Crippen molar-refractivity contribution in [2.24, 2.45) is 0 Å². The van der Waals surface area contributed by atoms with Gasteiger partial charge in [-0.05, 0) is 6.26 Å². The molecule has 4 heteroatoms. The highest BCUT2D eigenvalue weighted by molar-refractivity contribution is 7.98. The molecule has 2 nitrogen and oxygen atoms in total. The van der Waals surface area contributed by atoms with Crippen LogP contribution in [0.3, 0.4) is 0 Å². The average Bonchev–Trinajstić information content (AvgIpc) is 2.08. The van der Waals surface area contributed by atoms with Crippen LogP contribution in [0.2, 0.25) is 19.6 Å². The topological polar surface area (TPSA) is 29.5 Å². The zero-order valence-corrected chi connectivity index (χ0v) is 11.3. The second-order valence-electron chi connectivity index (χ2n) is 4.14. The Hall–Kier alpha value is 0.0469. The molecule has 0 aliphatic heterocycles. The number of aliphatic hydroxyl groups excluding tert-OH is 1. The molecule has 14 heavy (non-hydrogen) atoms. The smallest absolute Gasteiger partial charge is 0.129 e. The number of rotatable bonds is 5. The second kappa shape index (κ2) is 7.35. The molecule has 1 atom stereocenters. The fourth-order valence-electron chi connectivity index (χ4n) is 0.709. The summed E-state index contributed by atoms with van der Waals surface area (Å²) in [6.07, 6.45) is 2.07. The molecule has 0 bridgehead atoms. The van der Waals surface area contributed by atoms with Crippen LogP contribution in [0, 0.1) is 11.5 Å². The van der Waals surface area contributed by atoms with E-state index in [2.05, 4.69) is 31.1 Å². The van der Waals surface area contributed by atoms with Crippen molar-refractivity contribution >= 4 is 19.8 Å². The van der Waals surface area contributed by atoms with E-state index in [-0.39, 0.29) is 0 Å². The lowest BCUT2D eigenvalue weighted by Gasteiger charge is -2.07. The van der Waals surface area contributed by atoms with Crippen molar-refractivity contribution in [1.29, 1.82) is 0 Å². The van der Waals surface area contributed by atoms with Crippen LogP contribution in [0.4, 0.5) is 0 Å². The third-order valence-electron chi connectivity index (χ3n) is 1.35. The van der Waals surface area contributed by atoms with Gasteiger partial charge in [0.05, 0.1) is 12.5 Å². The molecule has 0 aromatic heterocycles. The van der Waals surface area contributed by atoms with Crippen LogP contribution in [0.25, 0.3) is 0 Å². The maximum Gasteiger partial charge on any atom is 0.129 e. The number of hydrogen-bond donors (Lipinski definition) is 1. The minimum Gasteiger partial charge on any atom is -0.380 e. The Morgan fingerprint density at radius 2 is 2.07 bits per heavy atom. The summed E-state index contributed by atoms with van der Waals surface area (Å²) in [7, 11) is -1.34. The summed E-state index contributed by atoms with van der Waals surface area (Å²) < 4.78 is 5.23. The molecule has 0 rings (SSSR count). The van der Waals surface area contributed by atoms with Gasteiger partial charge in [-0.2, -0.15) is 0 Å². The fourth-order valence-corrected chi connectivity index (χ4v) is 1.59. The van der Waals surface area contributed by atoms with Gasteiger partial charge < -0.3 is 9.84 Å². The first kappa shape index (κ1) is 14.0. The lowest BCUT2D eigenvalue weighted by Crippen LogP contribution is -2.18. The lowest BCUT2D eigenvalue weighted by atomic mass is 10.3. The zero-order valence-electron chi connectivity index (χ0n) is 9.46. The molecule has 82 valence electrons. The normalized spacial score (nSPS) is 13.2. The summed E-state index contributed by atoms with van der Waals surface area (Å²) in [6, 6.07) is 0. The molecule has 0 amide bonds. The Kier molecular flexibility index (Phi) is 7.38. The van der Waals surface area contributed by atoms with Crippen molar-refractivity contribution < 1.29 is 9.84 Å². The standard InChI is InChI=1S/C10H20O2SSi/c1-13-9-12-7-5-10(11)6-8-14(2,3)4/h10-11H,5,7,9H2,1-4H3/t10-/m0/s1. The van der Waals surface area contributed by atoms with Crippen LogP contribution in [0.15, 0.2) is 0 Å². The van der Waals surface area contributed by atoms with Crippen molar-refractivity contribution in [3.05, 3.63) is 0 Å². The van der Waals surface area contributed by atoms with Gasteiger partial charge in [-0.15, -0.1) is 17.3 Å². The van der Waals surface area contributed by atoms with Crippen LogP contribution in [0.1, 0.15) is 6.42 Å². The summed E-state index contributed by atoms with van der Waals surface area (Å²) >= 11 is 1.64. The van der Waals surface area contributed by atoms with Crippen LogP contribution >= 0.6 is 11.8 Å². The first-order chi connectivity index (χ1) is 6.45. The summed E-state index contributed by atoms with van der Waals surface area (Å²) in [5, 5.41) is 9.47. The molecule has 0 fully saturated rings. The summed E-state index contributed by atoms with van der Waals surface area (Å²) in [4.78, 5) is 0. The van der Waals surface area contributed by atoms with Gasteiger partial charge in [-0.25, -0.2) is 0 Å². The van der Waals surface area contributed by atoms with Crippen molar-refractivity contribution in [3.63, 3.8) is 0 Å². The Balaban J connectivity index is 3.63. The lowest BCUT2D eigenvalue weighted by molar-refractivity contribution is 0.132. The minimum atomic E-state index is -1.34. The third-order valence-corrected chi connectivity index (χ3v) is 2.65. The predicted molar refractivity (Wildman–Crippen MR) is 66.1 cm³/mol. The molecule has 0 aliphatic carbocycles. The Labute approximate surface area is 92.4 Å². The molecule has 0 aliphatic rings. The van der Waals surface area contributed by atoms with Gasteiger partial charge >= 0.3 is 0 Å². The largest absolute Gasteiger partial charge is 0.380 e. The van der Waals surface area contributed by atoms with E-state index >= 15 is 0 Å². The van der Waals surface area contributed by atoms with E-state index in [1.165, 1.54) is 0 Å². The van der Waals surface area contributed by atoms with Crippen LogP contribution < -0.4 is 0 Å². The third kappa shape index (κ3) is 10.1. The van der Waals surface area contributed by atoms with E-state index in [0.717, 1.165) is 0 Å². The Morgan fingerprint density at radius 3 is 2.57 bits per heavy atom. The highest BCUT2D eigenvalue weighted by Crippen LogP contribution is 1.99. The molecule has 0 saturated carbocycles. The number of thioether (sulfide) groups is 1. The molecule has 0 unspecified atom stereocenters. The molecular weight excluding hydrogens is 212 g/mol. The second-order valence-corrected chi connectivity index (χ2v) is 9.70. The molecule has 0 radical (unpaired) electrons. The van der Waals surface area contributed by atoms with Crippen LogP contribution in [-0.2, 0) is 4.74 Å². The SMILES string of the molecule is CSCOCC[C@H](O)C#C[Si](C)(C)C. The van der Waals surface area contributed by atoms with E-state index in [1.807, 2.05) is 6.26 Å². The van der Waals surface area contributed by atoms with Gasteiger partial charge in [0.1, 0.15) is 14.2 Å². The van der Waals surface area contributed by atoms with Crippen molar-refractivity contribution in [2.45, 2.75) is 32.2 Å². The molecule has 0 aromatic rings. The van der Waals surface area contributed by atoms with Crippen LogP contribution in [-0.4, -0.2) is 38.1 Å². The number of aliphatic hydroxyl groups is 1. The van der Waals surface area contributed by atoms with Gasteiger partial charge in [-0.3, -0.25) is 0 Å². The highest BCUT2D eigenvalue weighted by Gasteiger charge is 2.08. The monoisotopic (exact) mass is 232 g/mol. The van der Waals surface area contributed by atoms with Crippen LogP contribution in [0.5, 0.6) is 0 Å². The van der Waals surface area contributed by atoms with E-state index < -0.39 is 14.2 Å². The minimum absolute atomic E-state index is 0.524. The van der Waals surface area contributed by atoms with Crippen molar-refractivity contribution in [1.82, 2.24) is 0 Å². The van der Waals surface area contributed by atoms with E-state index in [0.29, 0.717) is 19.0 Å². The Bertz CT molecular complexity index is 202. The average molecular weight is 232 g/mol. The van der Waals surface area contributed by atoms with Gasteiger partial charge in [0, 0.05) is 6.42 Å². The van der Waals surface area contributed by atoms with E-state index in [9.17, 15) is 5.11 Å². The van der Waals surface area contributed by atoms with E-state index in [4.69, 9.17) is 4.74 Å². The quantitative estimate of drug-likeness (QED) is 0.340. The molecule has 0 heterocycles. The van der Waals surface area contributed by atoms with Gasteiger partial charge in [0.2, 0.25) is 0 Å². The Morgan fingerprint density at radius 1 is 1.43 bits per heavy atom. The highest BCUT2D eigenvalue weighted by atomic mass is 32.2. The summed E-state index contributed by atoms with van der Waals surface area (Å²) in [6.45, 7) is 7.08. The summed E-state index contributed by atoms with van der Waals surface area (Å²) in [5.41, 5.74) is 3.14. The molecule has 0 saturated heterocycles. The van der Waals surface area contributed by atoms with Gasteiger partial charge in [0.25, 0.3) is 0 Å². The number of ether oxygens (including phenoxy) is 1. The fraction of sp³-hybridized carbons (Fsp3) is 0.800. The van der Waals surface area contributed by atoms with Gasteiger partial charge in [0.15, 0.2) is 0 Å². The molecular formula is C10H20O2SSi. The maximum absolute atomic E-state index is 9.47. The predicted octanol–water partition coefficient (Wildman–Crippen LogP) is 1.96. The van der Waals surface area contributed by atoms with Gasteiger partial charge in [-0.1, -0.05) is 25.6 Å². The van der Waals surface area contributed by atoms with E-state index in [1.54, 1.807) is 11.8 Å². The van der Waals surface area contributed by atoms with Crippen molar-refractivity contribution in [2.75, 3.05) is 18.8 Å². The first-order valence-electron chi connectivity index (χ1n) is 4.73. The molecule has 1 N–H and O–H groups in total. The molecule has 0 spiro atoms. The van der Waals surface area contributed by atoms with Crippen molar-refractivity contribution in [3.8, 4) is 11.5 Å². The first-order valence-corrected chi connectivity index (χ1v) is 9.62.